The summed E-state index contributed by atoms with van der Waals surface area (Å²) in [5.74, 6) is -1.06. The number of carboxylic acid groups (broad SMARTS) is 2. The maximum atomic E-state index is 13.6. The van der Waals surface area contributed by atoms with Gasteiger partial charge in [0.2, 0.25) is 0 Å². The first-order valence-electron chi connectivity index (χ1n) is 19.5. The number of aliphatic carboxylic acids is 2. The van der Waals surface area contributed by atoms with E-state index in [1.54, 1.807) is 37.2 Å². The SMILES string of the molecule is O=C(O)[C@@H]1C2CCC(CC2)[C@H]1Cc1cncc(-c2c[nH]c3ncc(F)cc23)n1.O=C(O)[C@H]1C2CCC(CC2)[C@@H]1Cc1cncc(-c2c[nH]c3ncc(F)cc23)n1. The fraction of sp³-hybridized carbons (Fsp3) is 0.429. The number of aromatic amines is 2. The largest absolute Gasteiger partial charge is 0.481 e. The van der Waals surface area contributed by atoms with Crippen LogP contribution in [-0.4, -0.2) is 62.0 Å². The fourth-order valence-electron chi connectivity index (χ4n) is 10.6. The topological polar surface area (TPSA) is 184 Å². The summed E-state index contributed by atoms with van der Waals surface area (Å²) in [6.45, 7) is 0. The van der Waals surface area contributed by atoms with E-state index in [4.69, 9.17) is 9.97 Å². The standard InChI is InChI=1S/2C21H21FN4O2/c2*22-13-5-16-17(9-25-20(16)24-7-13)18-10-23-8-14(26-18)6-15-11-1-3-12(4-2-11)19(15)21(27)28/h2*5,7-12,15,19H,1-4,6H2,(H,24,25)(H,27,28)/t2*11?,12?,15-,19-/m10/s1. The zero-order valence-electron chi connectivity index (χ0n) is 30.6. The Morgan fingerprint density at radius 3 is 1.38 bits per heavy atom. The van der Waals surface area contributed by atoms with Crippen LogP contribution in [0.4, 0.5) is 8.78 Å². The Kier molecular flexibility index (Phi) is 9.50. The number of carboxylic acids is 2. The number of fused-ring (bicyclic) bond motifs is 8. The van der Waals surface area contributed by atoms with Gasteiger partial charge >= 0.3 is 11.9 Å². The summed E-state index contributed by atoms with van der Waals surface area (Å²) in [6, 6.07) is 2.87. The molecule has 4 bridgehead atoms. The van der Waals surface area contributed by atoms with Gasteiger partial charge in [-0.1, -0.05) is 0 Å². The van der Waals surface area contributed by atoms with Crippen LogP contribution >= 0.6 is 0 Å². The lowest BCUT2D eigenvalue weighted by Gasteiger charge is -2.46. The van der Waals surface area contributed by atoms with E-state index in [1.165, 1.54) is 24.5 Å². The molecule has 56 heavy (non-hydrogen) atoms. The summed E-state index contributed by atoms with van der Waals surface area (Å²) in [4.78, 5) is 56.1. The average Bonchev–Trinajstić information content (AvgIpc) is 3.83. The van der Waals surface area contributed by atoms with Crippen LogP contribution in [0, 0.1) is 59.0 Å². The summed E-state index contributed by atoms with van der Waals surface area (Å²) in [5.41, 5.74) is 5.55. The Balaban J connectivity index is 0.000000146. The number of nitrogens with zero attached hydrogens (tertiary/aromatic N) is 6. The van der Waals surface area contributed by atoms with Gasteiger partial charge in [-0.25, -0.2) is 28.7 Å². The number of rotatable bonds is 8. The molecule has 6 fully saturated rings. The summed E-state index contributed by atoms with van der Waals surface area (Å²) in [5, 5.41) is 20.9. The Labute approximate surface area is 320 Å². The highest BCUT2D eigenvalue weighted by Gasteiger charge is 2.48. The van der Waals surface area contributed by atoms with E-state index < -0.39 is 23.6 Å². The Morgan fingerprint density at radius 1 is 0.589 bits per heavy atom. The lowest BCUT2D eigenvalue weighted by Crippen LogP contribution is -2.45. The fourth-order valence-corrected chi connectivity index (χ4v) is 10.6. The van der Waals surface area contributed by atoms with Crippen molar-refractivity contribution in [3.63, 3.8) is 0 Å². The molecule has 6 aliphatic carbocycles. The van der Waals surface area contributed by atoms with Crippen LogP contribution < -0.4 is 0 Å². The highest BCUT2D eigenvalue weighted by atomic mass is 19.1. The molecule has 0 radical (unpaired) electrons. The maximum absolute atomic E-state index is 13.6. The smallest absolute Gasteiger partial charge is 0.307 e. The molecule has 6 heterocycles. The third kappa shape index (κ3) is 6.79. The molecule has 6 aromatic heterocycles. The summed E-state index contributed by atoms with van der Waals surface area (Å²) >= 11 is 0. The lowest BCUT2D eigenvalue weighted by molar-refractivity contribution is -0.153. The number of pyridine rings is 2. The number of H-pyrrole nitrogens is 2. The van der Waals surface area contributed by atoms with Gasteiger partial charge in [0.05, 0.1) is 59.4 Å². The van der Waals surface area contributed by atoms with Crippen LogP contribution in [0.5, 0.6) is 0 Å². The van der Waals surface area contributed by atoms with Gasteiger partial charge < -0.3 is 20.2 Å². The molecule has 4 N–H and O–H groups in total. The van der Waals surface area contributed by atoms with Crippen LogP contribution in [0.1, 0.15) is 62.8 Å². The molecule has 0 amide bonds. The van der Waals surface area contributed by atoms with Crippen LogP contribution in [0.15, 0.2) is 61.7 Å². The Bertz CT molecular complexity index is 2250. The van der Waals surface area contributed by atoms with Crippen molar-refractivity contribution >= 4 is 34.0 Å². The predicted octanol–water partition coefficient (Wildman–Crippen LogP) is 7.68. The van der Waals surface area contributed by atoms with Crippen LogP contribution in [0.3, 0.4) is 0 Å². The molecule has 4 atom stereocenters. The highest BCUT2D eigenvalue weighted by Crippen LogP contribution is 2.51. The van der Waals surface area contributed by atoms with E-state index in [2.05, 4.69) is 29.9 Å². The molecule has 12 rings (SSSR count). The minimum atomic E-state index is -0.679. The molecule has 0 aliphatic heterocycles. The van der Waals surface area contributed by atoms with Gasteiger partial charge in [0.15, 0.2) is 0 Å². The monoisotopic (exact) mass is 760 g/mol. The maximum Gasteiger partial charge on any atom is 0.307 e. The Hall–Kier alpha value is -5.66. The first-order chi connectivity index (χ1) is 27.2. The molecule has 12 nitrogen and oxygen atoms in total. The highest BCUT2D eigenvalue weighted by molar-refractivity contribution is 5.93. The van der Waals surface area contributed by atoms with Crippen molar-refractivity contribution in [2.75, 3.05) is 0 Å². The van der Waals surface area contributed by atoms with Crippen molar-refractivity contribution in [3.8, 4) is 22.5 Å². The number of halogens is 2. The van der Waals surface area contributed by atoms with Crippen molar-refractivity contribution in [3.05, 3.63) is 84.7 Å². The zero-order valence-corrected chi connectivity index (χ0v) is 30.6. The molecule has 6 aliphatic rings. The summed E-state index contributed by atoms with van der Waals surface area (Å²) in [6.07, 6.45) is 22.4. The van der Waals surface area contributed by atoms with Crippen molar-refractivity contribution in [2.24, 2.45) is 47.3 Å². The van der Waals surface area contributed by atoms with Crippen molar-refractivity contribution in [1.29, 1.82) is 0 Å². The molecule has 6 aromatic rings. The van der Waals surface area contributed by atoms with Crippen LogP contribution in [0.25, 0.3) is 44.6 Å². The normalized spacial score (nSPS) is 26.6. The molecule has 14 heteroatoms. The quantitative estimate of drug-likeness (QED) is 0.120. The van der Waals surface area contributed by atoms with Crippen molar-refractivity contribution in [2.45, 2.75) is 64.2 Å². The average molecular weight is 761 g/mol. The van der Waals surface area contributed by atoms with Crippen LogP contribution in [0.2, 0.25) is 0 Å². The van der Waals surface area contributed by atoms with Gasteiger partial charge in [0, 0.05) is 46.7 Å². The number of carbonyl (C=O) groups is 2. The van der Waals surface area contributed by atoms with E-state index in [0.29, 0.717) is 58.1 Å². The molecular weight excluding hydrogens is 719 g/mol. The van der Waals surface area contributed by atoms with E-state index >= 15 is 0 Å². The van der Waals surface area contributed by atoms with Gasteiger partial charge in [-0.05, 0) is 112 Å². The number of hydrogen-bond donors (Lipinski definition) is 4. The second kappa shape index (κ2) is 14.8. The minimum absolute atomic E-state index is 0.108. The summed E-state index contributed by atoms with van der Waals surface area (Å²) < 4.78 is 27.3. The number of hydrogen-bond acceptors (Lipinski definition) is 8. The predicted molar refractivity (Wildman–Crippen MR) is 202 cm³/mol. The van der Waals surface area contributed by atoms with E-state index in [9.17, 15) is 28.6 Å². The molecule has 0 aromatic carbocycles. The molecular formula is C42H42F2N8O4. The minimum Gasteiger partial charge on any atom is -0.481 e. The zero-order chi connectivity index (χ0) is 38.5. The van der Waals surface area contributed by atoms with Gasteiger partial charge in [-0.3, -0.25) is 19.6 Å². The van der Waals surface area contributed by atoms with Crippen molar-refractivity contribution < 1.29 is 28.6 Å². The molecule has 6 saturated carbocycles. The second-order valence-corrected chi connectivity index (χ2v) is 16.1. The lowest BCUT2D eigenvalue weighted by atomic mass is 9.57. The van der Waals surface area contributed by atoms with Crippen LogP contribution in [-0.2, 0) is 22.4 Å². The Morgan fingerprint density at radius 2 is 0.982 bits per heavy atom. The van der Waals surface area contributed by atoms with E-state index in [0.717, 1.165) is 73.9 Å². The second-order valence-electron chi connectivity index (χ2n) is 16.1. The first kappa shape index (κ1) is 36.0. The van der Waals surface area contributed by atoms with Crippen molar-refractivity contribution in [1.82, 2.24) is 39.9 Å². The van der Waals surface area contributed by atoms with E-state index in [1.807, 2.05) is 0 Å². The molecule has 0 saturated heterocycles. The van der Waals surface area contributed by atoms with Gasteiger partial charge in [0.1, 0.15) is 22.9 Å². The van der Waals surface area contributed by atoms with Gasteiger partial charge in [-0.15, -0.1) is 0 Å². The first-order valence-corrected chi connectivity index (χ1v) is 19.5. The van der Waals surface area contributed by atoms with Gasteiger partial charge in [0.25, 0.3) is 0 Å². The molecule has 0 unspecified atom stereocenters. The molecule has 288 valence electrons. The third-order valence-electron chi connectivity index (χ3n) is 13.2. The van der Waals surface area contributed by atoms with E-state index in [-0.39, 0.29) is 35.5 Å². The molecule has 0 spiro atoms. The third-order valence-corrected chi connectivity index (χ3v) is 13.2. The number of aromatic nitrogens is 8. The summed E-state index contributed by atoms with van der Waals surface area (Å²) in [7, 11) is 0. The number of nitrogens with one attached hydrogen (secondary N) is 2. The van der Waals surface area contributed by atoms with Gasteiger partial charge in [-0.2, -0.15) is 0 Å².